The summed E-state index contributed by atoms with van der Waals surface area (Å²) in [6, 6.07) is 22.2. The van der Waals surface area contributed by atoms with Gasteiger partial charge in [-0.1, -0.05) is 67.1 Å². The van der Waals surface area contributed by atoms with Crippen LogP contribution in [0.4, 0.5) is 5.69 Å². The summed E-state index contributed by atoms with van der Waals surface area (Å²) in [6.07, 6.45) is 0.388. The van der Waals surface area contributed by atoms with Crippen LogP contribution in [0.25, 0.3) is 0 Å². The van der Waals surface area contributed by atoms with Crippen LogP contribution in [-0.4, -0.2) is 44.3 Å². The van der Waals surface area contributed by atoms with Crippen molar-refractivity contribution in [3.8, 4) is 0 Å². The minimum absolute atomic E-state index is 0.0952. The summed E-state index contributed by atoms with van der Waals surface area (Å²) < 4.78 is 28.8. The maximum absolute atomic E-state index is 13.9. The lowest BCUT2D eigenvalue weighted by Gasteiger charge is -2.33. The lowest BCUT2D eigenvalue weighted by Crippen LogP contribution is -2.52. The molecule has 0 fully saturated rings. The van der Waals surface area contributed by atoms with Gasteiger partial charge in [0, 0.05) is 13.1 Å². The van der Waals surface area contributed by atoms with E-state index in [9.17, 15) is 18.0 Å². The fraction of sp³-hybridized carbons (Fsp3) is 0.310. The average molecular weight is 522 g/mol. The van der Waals surface area contributed by atoms with E-state index in [1.54, 1.807) is 42.5 Å². The molecule has 3 aromatic rings. The molecule has 1 atom stereocenters. The molecule has 0 unspecified atom stereocenters. The predicted molar refractivity (Wildman–Crippen MR) is 147 cm³/mol. The molecule has 0 saturated heterocycles. The highest BCUT2D eigenvalue weighted by Gasteiger charge is 2.33. The monoisotopic (exact) mass is 521 g/mol. The molecule has 0 heterocycles. The second-order valence-electron chi connectivity index (χ2n) is 8.99. The van der Waals surface area contributed by atoms with Crippen molar-refractivity contribution in [3.05, 3.63) is 95.6 Å². The quantitative estimate of drug-likeness (QED) is 0.404. The Morgan fingerprint density at radius 3 is 2.14 bits per heavy atom. The number of sulfonamides is 1. The summed E-state index contributed by atoms with van der Waals surface area (Å²) in [5.41, 5.74) is 3.03. The van der Waals surface area contributed by atoms with Crippen molar-refractivity contribution in [2.24, 2.45) is 0 Å². The molecule has 2 amide bonds. The smallest absolute Gasteiger partial charge is 0.264 e. The Bertz CT molecular complexity index is 1310. The van der Waals surface area contributed by atoms with Crippen molar-refractivity contribution < 1.29 is 18.0 Å². The van der Waals surface area contributed by atoms with Crippen LogP contribution < -0.4 is 9.62 Å². The molecule has 0 aliphatic carbocycles. The van der Waals surface area contributed by atoms with Crippen molar-refractivity contribution >= 4 is 27.5 Å². The van der Waals surface area contributed by atoms with Crippen LogP contribution in [0.15, 0.2) is 83.8 Å². The first-order valence-corrected chi connectivity index (χ1v) is 13.9. The van der Waals surface area contributed by atoms with Crippen LogP contribution in [0.2, 0.25) is 0 Å². The Morgan fingerprint density at radius 1 is 0.865 bits per heavy atom. The van der Waals surface area contributed by atoms with Gasteiger partial charge >= 0.3 is 0 Å². The van der Waals surface area contributed by atoms with Crippen molar-refractivity contribution in [3.63, 3.8) is 0 Å². The number of rotatable bonds is 11. The lowest BCUT2D eigenvalue weighted by molar-refractivity contribution is -0.140. The molecule has 0 aliphatic heterocycles. The van der Waals surface area contributed by atoms with E-state index in [-0.39, 0.29) is 17.3 Å². The maximum atomic E-state index is 13.9. The van der Waals surface area contributed by atoms with Crippen LogP contribution in [-0.2, 0) is 26.2 Å². The lowest BCUT2D eigenvalue weighted by atomic mass is 10.1. The fourth-order valence-corrected chi connectivity index (χ4v) is 5.55. The summed E-state index contributed by atoms with van der Waals surface area (Å²) in [4.78, 5) is 28.4. The zero-order valence-corrected chi connectivity index (χ0v) is 22.7. The van der Waals surface area contributed by atoms with Gasteiger partial charge in [0.2, 0.25) is 11.8 Å². The van der Waals surface area contributed by atoms with Crippen LogP contribution >= 0.6 is 0 Å². The summed E-state index contributed by atoms with van der Waals surface area (Å²) in [5, 5.41) is 2.81. The SMILES string of the molecule is CCNC(=O)[C@@H](CC)N(Cc1ccccc1)C(=O)CN(c1cccc(C)c1)S(=O)(=O)c1ccc(C)cc1. The first-order chi connectivity index (χ1) is 17.7. The first-order valence-electron chi connectivity index (χ1n) is 12.4. The van der Waals surface area contributed by atoms with E-state index in [1.807, 2.05) is 64.1 Å². The molecule has 1 N–H and O–H groups in total. The minimum Gasteiger partial charge on any atom is -0.355 e. The Kier molecular flexibility index (Phi) is 9.47. The molecule has 3 rings (SSSR count). The third kappa shape index (κ3) is 6.98. The average Bonchev–Trinajstić information content (AvgIpc) is 2.88. The van der Waals surface area contributed by atoms with Crippen molar-refractivity contribution in [2.45, 2.75) is 51.6 Å². The molecular weight excluding hydrogens is 486 g/mol. The number of aryl methyl sites for hydroxylation is 2. The molecule has 8 heteroatoms. The van der Waals surface area contributed by atoms with Crippen LogP contribution in [0.1, 0.15) is 37.0 Å². The van der Waals surface area contributed by atoms with Crippen LogP contribution in [0.3, 0.4) is 0 Å². The molecule has 37 heavy (non-hydrogen) atoms. The Hall–Kier alpha value is -3.65. The van der Waals surface area contributed by atoms with Crippen molar-refractivity contribution in [2.75, 3.05) is 17.4 Å². The van der Waals surface area contributed by atoms with Crippen LogP contribution in [0.5, 0.6) is 0 Å². The van der Waals surface area contributed by atoms with Gasteiger partial charge in [0.15, 0.2) is 0 Å². The normalized spacial score (nSPS) is 12.0. The maximum Gasteiger partial charge on any atom is 0.264 e. The van der Waals surface area contributed by atoms with Gasteiger partial charge in [-0.2, -0.15) is 0 Å². The fourth-order valence-electron chi connectivity index (χ4n) is 4.14. The summed E-state index contributed by atoms with van der Waals surface area (Å²) >= 11 is 0. The topological polar surface area (TPSA) is 86.8 Å². The van der Waals surface area contributed by atoms with E-state index in [1.165, 1.54) is 4.90 Å². The van der Waals surface area contributed by atoms with Gasteiger partial charge in [0.05, 0.1) is 10.6 Å². The number of nitrogens with zero attached hydrogens (tertiary/aromatic N) is 2. The molecule has 0 saturated carbocycles. The molecule has 3 aromatic carbocycles. The molecule has 0 aliphatic rings. The molecule has 0 spiro atoms. The number of amides is 2. The summed E-state index contributed by atoms with van der Waals surface area (Å²) in [5.74, 6) is -0.725. The van der Waals surface area contributed by atoms with E-state index in [0.717, 1.165) is 21.0 Å². The van der Waals surface area contributed by atoms with E-state index >= 15 is 0 Å². The van der Waals surface area contributed by atoms with Crippen LogP contribution in [0, 0.1) is 13.8 Å². The second kappa shape index (κ2) is 12.5. The number of hydrogen-bond donors (Lipinski definition) is 1. The van der Waals surface area contributed by atoms with E-state index in [0.29, 0.717) is 18.7 Å². The molecule has 7 nitrogen and oxygen atoms in total. The Balaban J connectivity index is 2.05. The van der Waals surface area contributed by atoms with E-state index in [4.69, 9.17) is 0 Å². The van der Waals surface area contributed by atoms with Gasteiger partial charge in [-0.05, 0) is 62.6 Å². The first kappa shape index (κ1) is 27.9. The second-order valence-corrected chi connectivity index (χ2v) is 10.9. The highest BCUT2D eigenvalue weighted by Crippen LogP contribution is 2.26. The van der Waals surface area contributed by atoms with Crippen molar-refractivity contribution in [1.82, 2.24) is 10.2 Å². The predicted octanol–water partition coefficient (Wildman–Crippen LogP) is 4.44. The molecule has 0 bridgehead atoms. The van der Waals surface area contributed by atoms with Gasteiger partial charge in [0.25, 0.3) is 10.0 Å². The van der Waals surface area contributed by atoms with Gasteiger partial charge in [-0.15, -0.1) is 0 Å². The van der Waals surface area contributed by atoms with Gasteiger partial charge in [-0.25, -0.2) is 8.42 Å². The molecule has 0 aromatic heterocycles. The van der Waals surface area contributed by atoms with E-state index in [2.05, 4.69) is 5.32 Å². The molecule has 0 radical (unpaired) electrons. The number of nitrogens with one attached hydrogen (secondary N) is 1. The highest BCUT2D eigenvalue weighted by atomic mass is 32.2. The summed E-state index contributed by atoms with van der Waals surface area (Å²) in [6.45, 7) is 7.58. The zero-order chi connectivity index (χ0) is 27.0. The molecular formula is C29H35N3O4S. The minimum atomic E-state index is -4.07. The number of benzene rings is 3. The zero-order valence-electron chi connectivity index (χ0n) is 21.8. The molecule has 196 valence electrons. The number of carbonyl (C=O) groups excluding carboxylic acids is 2. The standard InChI is InChI=1S/C29H35N3O4S/c1-5-27(29(34)30-6-2)31(20-24-12-8-7-9-13-24)28(33)21-32(25-14-10-11-23(4)19-25)37(35,36)26-17-15-22(3)16-18-26/h7-19,27H,5-6,20-21H2,1-4H3,(H,30,34)/t27-/m1/s1. The number of likely N-dealkylation sites (N-methyl/N-ethyl adjacent to an activating group) is 1. The third-order valence-electron chi connectivity index (χ3n) is 6.11. The third-order valence-corrected chi connectivity index (χ3v) is 7.90. The van der Waals surface area contributed by atoms with Crippen molar-refractivity contribution in [1.29, 1.82) is 0 Å². The summed E-state index contributed by atoms with van der Waals surface area (Å²) in [7, 11) is -4.07. The van der Waals surface area contributed by atoms with Gasteiger partial charge in [-0.3, -0.25) is 13.9 Å². The number of hydrogen-bond acceptors (Lipinski definition) is 4. The highest BCUT2D eigenvalue weighted by molar-refractivity contribution is 7.92. The van der Waals surface area contributed by atoms with E-state index < -0.39 is 28.5 Å². The Morgan fingerprint density at radius 2 is 1.54 bits per heavy atom. The number of carbonyl (C=O) groups is 2. The van der Waals surface area contributed by atoms with Gasteiger partial charge in [0.1, 0.15) is 12.6 Å². The van der Waals surface area contributed by atoms with Gasteiger partial charge < -0.3 is 10.2 Å². The largest absolute Gasteiger partial charge is 0.355 e. The Labute approximate surface area is 220 Å². The number of anilines is 1.